The third kappa shape index (κ3) is 3.62. The number of H-pyrrole nitrogens is 1. The standard InChI is InChI=1S/C10H16N6O3S/c1-2-11-5-8-6-13-16-10(8)20(17,18)15-4-3-9-12-7-14-19-9/h6-7,11,15H,2-5H2,1H3,(H,13,16). The lowest BCUT2D eigenvalue weighted by atomic mass is 10.3. The zero-order valence-corrected chi connectivity index (χ0v) is 11.8. The highest BCUT2D eigenvalue weighted by Gasteiger charge is 2.20. The minimum absolute atomic E-state index is 0.0731. The fourth-order valence-corrected chi connectivity index (χ4v) is 2.75. The molecule has 0 radical (unpaired) electrons. The predicted octanol–water partition coefficient (Wildman–Crippen LogP) is -0.577. The molecule has 2 rings (SSSR count). The van der Waals surface area contributed by atoms with Crippen LogP contribution in [0.5, 0.6) is 0 Å². The van der Waals surface area contributed by atoms with Gasteiger partial charge in [0.05, 0.1) is 6.20 Å². The van der Waals surface area contributed by atoms with E-state index in [0.717, 1.165) is 6.54 Å². The molecule has 2 heterocycles. The molecular weight excluding hydrogens is 284 g/mol. The summed E-state index contributed by atoms with van der Waals surface area (Å²) in [5.74, 6) is 0.380. The first-order chi connectivity index (χ1) is 9.63. The van der Waals surface area contributed by atoms with Crippen molar-refractivity contribution < 1.29 is 12.9 Å². The van der Waals surface area contributed by atoms with Crippen LogP contribution < -0.4 is 10.0 Å². The lowest BCUT2D eigenvalue weighted by molar-refractivity contribution is 0.377. The van der Waals surface area contributed by atoms with Gasteiger partial charge in [-0.25, -0.2) is 13.1 Å². The Morgan fingerprint density at radius 2 is 2.30 bits per heavy atom. The van der Waals surface area contributed by atoms with E-state index in [2.05, 4.69) is 30.4 Å². The Labute approximate surface area is 116 Å². The molecule has 0 aromatic carbocycles. The molecule has 0 aliphatic heterocycles. The fraction of sp³-hybridized carbons (Fsp3) is 0.500. The zero-order valence-electron chi connectivity index (χ0n) is 11.0. The molecular formula is C10H16N6O3S. The topological polar surface area (TPSA) is 126 Å². The average molecular weight is 300 g/mol. The maximum absolute atomic E-state index is 12.1. The zero-order chi connectivity index (χ0) is 14.4. The van der Waals surface area contributed by atoms with Crippen LogP contribution in [0.15, 0.2) is 22.1 Å². The Kier molecular flexibility index (Phi) is 4.82. The summed E-state index contributed by atoms with van der Waals surface area (Å²) in [7, 11) is -3.63. The Morgan fingerprint density at radius 3 is 3.00 bits per heavy atom. The molecule has 0 unspecified atom stereocenters. The van der Waals surface area contributed by atoms with E-state index in [9.17, 15) is 8.42 Å². The van der Waals surface area contributed by atoms with Crippen LogP contribution in [0, 0.1) is 0 Å². The summed E-state index contributed by atoms with van der Waals surface area (Å²) in [4.78, 5) is 3.81. The van der Waals surface area contributed by atoms with Gasteiger partial charge in [-0.2, -0.15) is 10.1 Å². The van der Waals surface area contributed by atoms with Crippen LogP contribution in [0.2, 0.25) is 0 Å². The van der Waals surface area contributed by atoms with E-state index in [4.69, 9.17) is 4.52 Å². The molecule has 0 saturated heterocycles. The molecule has 0 aliphatic carbocycles. The quantitative estimate of drug-likeness (QED) is 0.595. The second kappa shape index (κ2) is 6.59. The van der Waals surface area contributed by atoms with E-state index < -0.39 is 10.0 Å². The molecule has 20 heavy (non-hydrogen) atoms. The van der Waals surface area contributed by atoms with E-state index in [1.807, 2.05) is 6.92 Å². The smallest absolute Gasteiger partial charge is 0.257 e. The number of sulfonamides is 1. The Morgan fingerprint density at radius 1 is 1.45 bits per heavy atom. The monoisotopic (exact) mass is 300 g/mol. The van der Waals surface area contributed by atoms with Crippen molar-refractivity contribution in [3.63, 3.8) is 0 Å². The molecule has 0 spiro atoms. The van der Waals surface area contributed by atoms with E-state index in [1.54, 1.807) is 0 Å². The second-order valence-electron chi connectivity index (χ2n) is 3.99. The Bertz CT molecular complexity index is 621. The molecule has 0 fully saturated rings. The van der Waals surface area contributed by atoms with Gasteiger partial charge in [0.15, 0.2) is 11.4 Å². The number of nitrogens with zero attached hydrogens (tertiary/aromatic N) is 3. The van der Waals surface area contributed by atoms with Crippen molar-refractivity contribution in [2.45, 2.75) is 24.9 Å². The number of aromatic amines is 1. The van der Waals surface area contributed by atoms with Gasteiger partial charge in [-0.05, 0) is 6.54 Å². The number of rotatable bonds is 8. The third-order valence-electron chi connectivity index (χ3n) is 2.55. The van der Waals surface area contributed by atoms with Gasteiger partial charge in [0.2, 0.25) is 5.89 Å². The fourth-order valence-electron chi connectivity index (χ4n) is 1.59. The molecule has 0 bridgehead atoms. The maximum Gasteiger partial charge on any atom is 0.257 e. The molecule has 3 N–H and O–H groups in total. The van der Waals surface area contributed by atoms with Gasteiger partial charge in [0, 0.05) is 25.1 Å². The number of nitrogens with one attached hydrogen (secondary N) is 3. The summed E-state index contributed by atoms with van der Waals surface area (Å²) in [6.45, 7) is 3.29. The summed E-state index contributed by atoms with van der Waals surface area (Å²) in [5, 5.41) is 12.9. The Hall–Kier alpha value is -1.78. The summed E-state index contributed by atoms with van der Waals surface area (Å²) in [6.07, 6.45) is 3.10. The van der Waals surface area contributed by atoms with E-state index >= 15 is 0 Å². The second-order valence-corrected chi connectivity index (χ2v) is 5.69. The van der Waals surface area contributed by atoms with Gasteiger partial charge in [-0.3, -0.25) is 5.10 Å². The molecule has 0 aliphatic rings. The van der Waals surface area contributed by atoms with Gasteiger partial charge < -0.3 is 9.84 Å². The van der Waals surface area contributed by atoms with E-state index in [-0.39, 0.29) is 11.6 Å². The maximum atomic E-state index is 12.1. The minimum Gasteiger partial charge on any atom is -0.340 e. The summed E-state index contributed by atoms with van der Waals surface area (Å²) in [5.41, 5.74) is 0.595. The molecule has 0 saturated carbocycles. The van der Waals surface area contributed by atoms with Crippen molar-refractivity contribution in [1.29, 1.82) is 0 Å². The van der Waals surface area contributed by atoms with Gasteiger partial charge in [-0.1, -0.05) is 12.1 Å². The first-order valence-corrected chi connectivity index (χ1v) is 7.60. The van der Waals surface area contributed by atoms with Gasteiger partial charge in [-0.15, -0.1) is 0 Å². The summed E-state index contributed by atoms with van der Waals surface area (Å²) >= 11 is 0. The molecule has 9 nitrogen and oxygen atoms in total. The van der Waals surface area contributed by atoms with Crippen LogP contribution in [-0.4, -0.2) is 41.8 Å². The van der Waals surface area contributed by atoms with Crippen LogP contribution in [0.3, 0.4) is 0 Å². The molecule has 10 heteroatoms. The highest BCUT2D eigenvalue weighted by atomic mass is 32.2. The lowest BCUT2D eigenvalue weighted by Gasteiger charge is -2.06. The summed E-state index contributed by atoms with van der Waals surface area (Å²) < 4.78 is 31.5. The highest BCUT2D eigenvalue weighted by Crippen LogP contribution is 2.11. The third-order valence-corrected chi connectivity index (χ3v) is 4.03. The normalized spacial score (nSPS) is 11.8. The molecule has 2 aromatic heterocycles. The van der Waals surface area contributed by atoms with Gasteiger partial charge in [0.25, 0.3) is 10.0 Å². The van der Waals surface area contributed by atoms with Crippen LogP contribution in [0.4, 0.5) is 0 Å². The number of aromatic nitrogens is 4. The van der Waals surface area contributed by atoms with Crippen LogP contribution in [0.25, 0.3) is 0 Å². The van der Waals surface area contributed by atoms with Crippen molar-refractivity contribution in [2.75, 3.05) is 13.1 Å². The van der Waals surface area contributed by atoms with Crippen molar-refractivity contribution >= 4 is 10.0 Å². The lowest BCUT2D eigenvalue weighted by Crippen LogP contribution is -2.28. The minimum atomic E-state index is -3.63. The van der Waals surface area contributed by atoms with Crippen LogP contribution in [0.1, 0.15) is 18.4 Å². The number of hydrogen-bond donors (Lipinski definition) is 3. The SMILES string of the molecule is CCNCc1cn[nH]c1S(=O)(=O)NCCc1ncno1. The first-order valence-electron chi connectivity index (χ1n) is 6.11. The van der Waals surface area contributed by atoms with Gasteiger partial charge >= 0.3 is 0 Å². The van der Waals surface area contributed by atoms with E-state index in [0.29, 0.717) is 24.4 Å². The molecule has 0 atom stereocenters. The first kappa shape index (κ1) is 14.6. The Balaban J connectivity index is 1.97. The average Bonchev–Trinajstić information content (AvgIpc) is 3.07. The van der Waals surface area contributed by atoms with Crippen molar-refractivity contribution in [2.24, 2.45) is 0 Å². The van der Waals surface area contributed by atoms with Crippen molar-refractivity contribution in [1.82, 2.24) is 30.4 Å². The largest absolute Gasteiger partial charge is 0.340 e. The van der Waals surface area contributed by atoms with Crippen LogP contribution >= 0.6 is 0 Å². The highest BCUT2D eigenvalue weighted by molar-refractivity contribution is 7.89. The predicted molar refractivity (Wildman–Crippen MR) is 69.2 cm³/mol. The number of hydrogen-bond acceptors (Lipinski definition) is 7. The van der Waals surface area contributed by atoms with Gasteiger partial charge in [0.1, 0.15) is 0 Å². The van der Waals surface area contributed by atoms with E-state index in [1.165, 1.54) is 12.5 Å². The molecule has 0 amide bonds. The summed E-state index contributed by atoms with van der Waals surface area (Å²) in [6, 6.07) is 0. The van der Waals surface area contributed by atoms with Crippen molar-refractivity contribution in [3.05, 3.63) is 24.0 Å². The van der Waals surface area contributed by atoms with Crippen LogP contribution in [-0.2, 0) is 23.0 Å². The molecule has 110 valence electrons. The molecule has 2 aromatic rings. The van der Waals surface area contributed by atoms with Crippen molar-refractivity contribution in [3.8, 4) is 0 Å².